The van der Waals surface area contributed by atoms with Crippen LogP contribution in [0.2, 0.25) is 0 Å². The highest BCUT2D eigenvalue weighted by Crippen LogP contribution is 2.13. The van der Waals surface area contributed by atoms with Gasteiger partial charge in [0, 0.05) is 6.04 Å². The summed E-state index contributed by atoms with van der Waals surface area (Å²) in [6, 6.07) is -0.133. The van der Waals surface area contributed by atoms with Crippen LogP contribution in [-0.2, 0) is 24.2 Å². The molecule has 0 saturated carbocycles. The fourth-order valence-electron chi connectivity index (χ4n) is 1.33. The van der Waals surface area contributed by atoms with Crippen molar-refractivity contribution in [1.82, 2.24) is 5.32 Å². The van der Waals surface area contributed by atoms with Crippen molar-refractivity contribution >= 4 is 21.7 Å². The smallest absolute Gasteiger partial charge is 0.306 e. The number of carbonyl (C=O) groups is 2. The molecule has 1 N–H and O–H groups in total. The lowest BCUT2D eigenvalue weighted by Gasteiger charge is -2.19. The van der Waals surface area contributed by atoms with Gasteiger partial charge < -0.3 is 10.1 Å². The van der Waals surface area contributed by atoms with Crippen molar-refractivity contribution in [3.63, 3.8) is 0 Å². The molecule has 0 aliphatic carbocycles. The molecule has 0 aromatic carbocycles. The van der Waals surface area contributed by atoms with Gasteiger partial charge in [0.05, 0.1) is 18.8 Å². The predicted octanol–water partition coefficient (Wildman–Crippen LogP) is 0.266. The van der Waals surface area contributed by atoms with E-state index in [1.807, 2.05) is 0 Å². The molecule has 0 heterocycles. The molecule has 6 nitrogen and oxygen atoms in total. The van der Waals surface area contributed by atoms with E-state index in [-0.39, 0.29) is 12.5 Å². The first kappa shape index (κ1) is 16.9. The summed E-state index contributed by atoms with van der Waals surface area (Å²) < 4.78 is 28.5. The molecule has 0 bridgehead atoms. The maximum absolute atomic E-state index is 12.0. The van der Waals surface area contributed by atoms with E-state index in [0.29, 0.717) is 0 Å². The van der Waals surface area contributed by atoms with Crippen LogP contribution in [0.4, 0.5) is 0 Å². The number of amides is 1. The molecule has 0 saturated heterocycles. The summed E-state index contributed by atoms with van der Waals surface area (Å²) in [6.45, 7) is 6.20. The van der Waals surface area contributed by atoms with Crippen LogP contribution < -0.4 is 5.32 Å². The molecule has 106 valence electrons. The zero-order valence-electron chi connectivity index (χ0n) is 11.4. The van der Waals surface area contributed by atoms with Crippen molar-refractivity contribution in [3.8, 4) is 0 Å². The van der Waals surface area contributed by atoms with Gasteiger partial charge in [0.1, 0.15) is 5.25 Å². The molecule has 0 rings (SSSR count). The highest BCUT2D eigenvalue weighted by Gasteiger charge is 2.34. The Morgan fingerprint density at radius 2 is 1.67 bits per heavy atom. The van der Waals surface area contributed by atoms with Gasteiger partial charge in [-0.05, 0) is 27.7 Å². The minimum Gasteiger partial charge on any atom is -0.469 e. The third-order valence-electron chi connectivity index (χ3n) is 2.54. The summed E-state index contributed by atoms with van der Waals surface area (Å²) in [7, 11) is -2.51. The molecule has 7 heteroatoms. The Hall–Kier alpha value is -1.11. The minimum absolute atomic E-state index is 0.133. The number of ether oxygens (including phenoxy) is 1. The van der Waals surface area contributed by atoms with E-state index in [9.17, 15) is 18.0 Å². The van der Waals surface area contributed by atoms with Gasteiger partial charge in [0.15, 0.2) is 9.84 Å². The lowest BCUT2D eigenvalue weighted by atomic mass is 10.3. The standard InChI is InChI=1S/C11H21NO5S/c1-7(2)12-11(14)9(4)18(15,16)8(3)6-10(13)17-5/h7-9H,6H2,1-5H3,(H,12,14). The van der Waals surface area contributed by atoms with E-state index in [4.69, 9.17) is 0 Å². The van der Waals surface area contributed by atoms with E-state index in [2.05, 4.69) is 10.1 Å². The SMILES string of the molecule is COC(=O)CC(C)S(=O)(=O)C(C)C(=O)NC(C)C. The van der Waals surface area contributed by atoms with Gasteiger partial charge in [-0.2, -0.15) is 0 Å². The van der Waals surface area contributed by atoms with Crippen LogP contribution in [0.25, 0.3) is 0 Å². The third-order valence-corrected chi connectivity index (χ3v) is 5.02. The maximum atomic E-state index is 12.0. The van der Waals surface area contributed by atoms with Crippen LogP contribution in [0.15, 0.2) is 0 Å². The molecule has 0 fully saturated rings. The molecule has 0 radical (unpaired) electrons. The Kier molecular flexibility index (Phi) is 6.31. The molecule has 2 unspecified atom stereocenters. The largest absolute Gasteiger partial charge is 0.469 e. The molecule has 0 spiro atoms. The van der Waals surface area contributed by atoms with Crippen molar-refractivity contribution in [2.75, 3.05) is 7.11 Å². The molecule has 0 aromatic heterocycles. The third kappa shape index (κ3) is 4.64. The van der Waals surface area contributed by atoms with Gasteiger partial charge in [-0.15, -0.1) is 0 Å². The highest BCUT2D eigenvalue weighted by atomic mass is 32.2. The van der Waals surface area contributed by atoms with Gasteiger partial charge in [-0.25, -0.2) is 8.42 Å². The molecule has 0 aliphatic heterocycles. The number of hydrogen-bond donors (Lipinski definition) is 1. The van der Waals surface area contributed by atoms with Crippen molar-refractivity contribution in [2.45, 2.75) is 50.7 Å². The molecule has 2 atom stereocenters. The van der Waals surface area contributed by atoms with Crippen molar-refractivity contribution in [2.24, 2.45) is 0 Å². The zero-order chi connectivity index (χ0) is 14.5. The lowest BCUT2D eigenvalue weighted by Crippen LogP contribution is -2.44. The van der Waals surface area contributed by atoms with Crippen LogP contribution in [-0.4, -0.2) is 43.9 Å². The second kappa shape index (κ2) is 6.72. The summed E-state index contributed by atoms with van der Waals surface area (Å²) in [4.78, 5) is 22.7. The van der Waals surface area contributed by atoms with Gasteiger partial charge in [0.2, 0.25) is 5.91 Å². The summed E-state index contributed by atoms with van der Waals surface area (Å²) in [5.74, 6) is -1.16. The van der Waals surface area contributed by atoms with Crippen LogP contribution in [0.5, 0.6) is 0 Å². The number of esters is 1. The van der Waals surface area contributed by atoms with Crippen molar-refractivity contribution in [3.05, 3.63) is 0 Å². The quantitative estimate of drug-likeness (QED) is 0.705. The summed E-state index contributed by atoms with van der Waals surface area (Å²) in [5.41, 5.74) is 0. The first-order chi connectivity index (χ1) is 8.12. The first-order valence-corrected chi connectivity index (χ1v) is 7.33. The zero-order valence-corrected chi connectivity index (χ0v) is 12.2. The van der Waals surface area contributed by atoms with E-state index < -0.39 is 32.2 Å². The average molecular weight is 279 g/mol. The number of hydrogen-bond acceptors (Lipinski definition) is 5. The molecule has 1 amide bonds. The number of rotatable bonds is 6. The van der Waals surface area contributed by atoms with Crippen LogP contribution in [0.3, 0.4) is 0 Å². The maximum Gasteiger partial charge on any atom is 0.306 e. The predicted molar refractivity (Wildman–Crippen MR) is 67.8 cm³/mol. The van der Waals surface area contributed by atoms with Crippen LogP contribution in [0, 0.1) is 0 Å². The minimum atomic E-state index is -3.70. The molecule has 0 aromatic rings. The van der Waals surface area contributed by atoms with E-state index in [0.717, 1.165) is 0 Å². The molecular weight excluding hydrogens is 258 g/mol. The Labute approximate surface area is 108 Å². The highest BCUT2D eigenvalue weighted by molar-refractivity contribution is 7.93. The Morgan fingerprint density at radius 3 is 2.06 bits per heavy atom. The molecule has 18 heavy (non-hydrogen) atoms. The summed E-state index contributed by atoms with van der Waals surface area (Å²) in [6.07, 6.45) is -0.252. The normalized spacial score (nSPS) is 15.0. The van der Waals surface area contributed by atoms with Gasteiger partial charge in [0.25, 0.3) is 0 Å². The van der Waals surface area contributed by atoms with Gasteiger partial charge in [-0.3, -0.25) is 9.59 Å². The Balaban J connectivity index is 4.81. The molecular formula is C11H21NO5S. The Bertz CT molecular complexity index is 402. The van der Waals surface area contributed by atoms with Gasteiger partial charge in [-0.1, -0.05) is 0 Å². The van der Waals surface area contributed by atoms with Crippen molar-refractivity contribution in [1.29, 1.82) is 0 Å². The van der Waals surface area contributed by atoms with E-state index >= 15 is 0 Å². The van der Waals surface area contributed by atoms with Crippen molar-refractivity contribution < 1.29 is 22.7 Å². The Morgan fingerprint density at radius 1 is 1.17 bits per heavy atom. The average Bonchev–Trinajstić information content (AvgIpc) is 2.26. The fraction of sp³-hybridized carbons (Fsp3) is 0.818. The monoisotopic (exact) mass is 279 g/mol. The van der Waals surface area contributed by atoms with E-state index in [1.54, 1.807) is 13.8 Å². The lowest BCUT2D eigenvalue weighted by molar-refractivity contribution is -0.140. The number of methoxy groups -OCH3 is 1. The first-order valence-electron chi connectivity index (χ1n) is 5.72. The molecule has 0 aliphatic rings. The number of sulfone groups is 1. The summed E-state index contributed by atoms with van der Waals surface area (Å²) >= 11 is 0. The topological polar surface area (TPSA) is 89.5 Å². The van der Waals surface area contributed by atoms with Crippen LogP contribution >= 0.6 is 0 Å². The van der Waals surface area contributed by atoms with Gasteiger partial charge >= 0.3 is 5.97 Å². The van der Waals surface area contributed by atoms with E-state index in [1.165, 1.54) is 21.0 Å². The van der Waals surface area contributed by atoms with Crippen LogP contribution in [0.1, 0.15) is 34.1 Å². The number of nitrogens with one attached hydrogen (secondary N) is 1. The fourth-order valence-corrected chi connectivity index (χ4v) is 2.77. The summed E-state index contributed by atoms with van der Waals surface area (Å²) in [5, 5.41) is 0.409. The second-order valence-electron chi connectivity index (χ2n) is 4.49. The number of carbonyl (C=O) groups excluding carboxylic acids is 2. The second-order valence-corrected chi connectivity index (χ2v) is 7.18.